The summed E-state index contributed by atoms with van der Waals surface area (Å²) in [5.74, 6) is 1.56. The van der Waals surface area contributed by atoms with Crippen molar-refractivity contribution in [2.24, 2.45) is 9.98 Å². The van der Waals surface area contributed by atoms with Gasteiger partial charge < -0.3 is 9.88 Å². The molecule has 0 spiro atoms. The number of rotatable bonds is 6. The zero-order valence-electron chi connectivity index (χ0n) is 33.2. The average Bonchev–Trinajstić information content (AvgIpc) is 3.64. The molecule has 0 radical (unpaired) electrons. The van der Waals surface area contributed by atoms with Crippen molar-refractivity contribution < 1.29 is 0 Å². The minimum atomic E-state index is -0.739. The van der Waals surface area contributed by atoms with Gasteiger partial charge >= 0.3 is 0 Å². The van der Waals surface area contributed by atoms with E-state index in [0.717, 1.165) is 86.5 Å². The number of amidine groups is 2. The van der Waals surface area contributed by atoms with Crippen LogP contribution in [0.1, 0.15) is 54.5 Å². The standard InChI is InChI=1S/C54H43N5/c1-53(38-22-10-5-11-23-38)34-32-39(33-35-53)54(2)57-51(37-20-8-4-9-21-37)56-52(58-54)42-30-31-47(41-25-13-12-24-40(41)42)59-46-29-17-15-27-44(46)48-43-26-14-16-28-45(43)55-49(50(48)59)36-18-6-3-7-19-36/h3-11,13-23,25-34H,12,24,35H2,1-2H3,(H,56,57,58). The van der Waals surface area contributed by atoms with Gasteiger partial charge in [0.15, 0.2) is 11.5 Å². The van der Waals surface area contributed by atoms with Gasteiger partial charge in [-0.2, -0.15) is 0 Å². The zero-order chi connectivity index (χ0) is 39.6. The molecule has 8 aromatic rings. The molecule has 0 fully saturated rings. The molecule has 59 heavy (non-hydrogen) atoms. The fourth-order valence-corrected chi connectivity index (χ4v) is 9.43. The highest BCUT2D eigenvalue weighted by Crippen LogP contribution is 2.43. The normalized spacial score (nSPS) is 19.9. The highest BCUT2D eigenvalue weighted by molar-refractivity contribution is 6.24. The molecule has 2 aromatic heterocycles. The third-order valence-electron chi connectivity index (χ3n) is 12.5. The lowest BCUT2D eigenvalue weighted by Gasteiger charge is -2.37. The summed E-state index contributed by atoms with van der Waals surface area (Å²) in [6.45, 7) is 4.50. The van der Waals surface area contributed by atoms with Gasteiger partial charge in [0.2, 0.25) is 0 Å². The van der Waals surface area contributed by atoms with Gasteiger partial charge in [0.1, 0.15) is 5.84 Å². The second-order valence-corrected chi connectivity index (χ2v) is 16.3. The number of para-hydroxylation sites is 2. The SMILES string of the molecule is CC1(C2=CCC(C)(c3ccccc3)C=C2)N=C(c2ccc(-n3c4ccccc4c4c5ccccc5nc(-c5ccccc5)c43)c3c2CCC=C3)N=C(c2ccccc2)N1. The van der Waals surface area contributed by atoms with Gasteiger partial charge in [0, 0.05) is 43.8 Å². The van der Waals surface area contributed by atoms with Crippen molar-refractivity contribution in [3.8, 4) is 16.9 Å². The molecule has 3 heterocycles. The number of nitrogens with one attached hydrogen (secondary N) is 1. The van der Waals surface area contributed by atoms with E-state index in [0.29, 0.717) is 0 Å². The monoisotopic (exact) mass is 761 g/mol. The van der Waals surface area contributed by atoms with Gasteiger partial charge in [-0.25, -0.2) is 15.0 Å². The number of hydrogen-bond donors (Lipinski definition) is 1. The van der Waals surface area contributed by atoms with Crippen LogP contribution in [0.5, 0.6) is 0 Å². The summed E-state index contributed by atoms with van der Waals surface area (Å²) in [7, 11) is 0. The van der Waals surface area contributed by atoms with Gasteiger partial charge in [0.25, 0.3) is 0 Å². The summed E-state index contributed by atoms with van der Waals surface area (Å²) >= 11 is 0. The lowest BCUT2D eigenvalue weighted by Crippen LogP contribution is -2.50. The molecule has 284 valence electrons. The average molecular weight is 762 g/mol. The van der Waals surface area contributed by atoms with Crippen LogP contribution in [0.3, 0.4) is 0 Å². The van der Waals surface area contributed by atoms with E-state index in [9.17, 15) is 0 Å². The van der Waals surface area contributed by atoms with E-state index in [1.807, 2.05) is 0 Å². The Morgan fingerprint density at radius 2 is 1.37 bits per heavy atom. The summed E-state index contributed by atoms with van der Waals surface area (Å²) in [5, 5.41) is 7.37. The molecule has 0 saturated heterocycles. The quantitative estimate of drug-likeness (QED) is 0.183. The first-order valence-corrected chi connectivity index (χ1v) is 20.7. The third-order valence-corrected chi connectivity index (χ3v) is 12.5. The van der Waals surface area contributed by atoms with E-state index >= 15 is 0 Å². The van der Waals surface area contributed by atoms with Crippen molar-refractivity contribution in [3.63, 3.8) is 0 Å². The molecule has 2 unspecified atom stereocenters. The molecule has 0 amide bonds. The maximum absolute atomic E-state index is 5.55. The topological polar surface area (TPSA) is 54.6 Å². The lowest BCUT2D eigenvalue weighted by atomic mass is 9.75. The molecule has 0 bridgehead atoms. The molecule has 1 aliphatic heterocycles. The summed E-state index contributed by atoms with van der Waals surface area (Å²) < 4.78 is 2.46. The van der Waals surface area contributed by atoms with E-state index in [4.69, 9.17) is 15.0 Å². The Morgan fingerprint density at radius 3 is 2.14 bits per heavy atom. The number of fused-ring (bicyclic) bond motifs is 6. The number of benzene rings is 6. The van der Waals surface area contributed by atoms with Gasteiger partial charge in [-0.15, -0.1) is 0 Å². The predicted octanol–water partition coefficient (Wildman–Crippen LogP) is 12.3. The van der Waals surface area contributed by atoms with Gasteiger partial charge in [-0.3, -0.25) is 0 Å². The Bertz CT molecular complexity index is 3110. The minimum absolute atomic E-state index is 0.0884. The van der Waals surface area contributed by atoms with E-state index in [-0.39, 0.29) is 5.41 Å². The molecule has 2 atom stereocenters. The number of allylic oxidation sites excluding steroid dienone is 3. The molecule has 1 N–H and O–H groups in total. The van der Waals surface area contributed by atoms with Crippen LogP contribution in [0.4, 0.5) is 0 Å². The first-order chi connectivity index (χ1) is 29.0. The number of nitrogens with zero attached hydrogens (tertiary/aromatic N) is 4. The van der Waals surface area contributed by atoms with Gasteiger partial charge in [0.05, 0.1) is 27.9 Å². The highest BCUT2D eigenvalue weighted by atomic mass is 15.2. The number of aromatic nitrogens is 2. The zero-order valence-corrected chi connectivity index (χ0v) is 33.2. The van der Waals surface area contributed by atoms with Crippen molar-refractivity contribution in [3.05, 3.63) is 209 Å². The van der Waals surface area contributed by atoms with Crippen LogP contribution in [-0.2, 0) is 11.8 Å². The maximum atomic E-state index is 5.55. The molecule has 5 heteroatoms. The summed E-state index contributed by atoms with van der Waals surface area (Å²) in [5.41, 5.74) is 12.6. The Labute approximate surface area is 344 Å². The van der Waals surface area contributed by atoms with Crippen LogP contribution in [0.2, 0.25) is 0 Å². The van der Waals surface area contributed by atoms with Crippen molar-refractivity contribution in [2.45, 2.75) is 44.2 Å². The Kier molecular flexibility index (Phi) is 8.19. The lowest BCUT2D eigenvalue weighted by molar-refractivity contribution is 0.502. The molecule has 3 aliphatic rings. The number of aliphatic imine (C=N–C) groups is 2. The highest BCUT2D eigenvalue weighted by Gasteiger charge is 2.37. The molecule has 5 nitrogen and oxygen atoms in total. The molecule has 2 aliphatic carbocycles. The van der Waals surface area contributed by atoms with Crippen LogP contribution in [0.15, 0.2) is 192 Å². The van der Waals surface area contributed by atoms with E-state index in [1.54, 1.807) is 0 Å². The van der Waals surface area contributed by atoms with Gasteiger partial charge in [-0.1, -0.05) is 165 Å². The minimum Gasteiger partial charge on any atom is -0.342 e. The van der Waals surface area contributed by atoms with Crippen molar-refractivity contribution in [1.29, 1.82) is 0 Å². The molecular formula is C54H43N5. The molecular weight excluding hydrogens is 719 g/mol. The molecule has 6 aromatic carbocycles. The van der Waals surface area contributed by atoms with Crippen molar-refractivity contribution in [2.75, 3.05) is 0 Å². The van der Waals surface area contributed by atoms with Gasteiger partial charge in [-0.05, 0) is 67.2 Å². The first-order valence-electron chi connectivity index (χ1n) is 20.7. The summed E-state index contributed by atoms with van der Waals surface area (Å²) in [6, 6.07) is 53.7. The van der Waals surface area contributed by atoms with Crippen LogP contribution in [0, 0.1) is 0 Å². The largest absolute Gasteiger partial charge is 0.342 e. The van der Waals surface area contributed by atoms with E-state index in [2.05, 4.69) is 206 Å². The van der Waals surface area contributed by atoms with Crippen LogP contribution >= 0.6 is 0 Å². The predicted molar refractivity (Wildman–Crippen MR) is 246 cm³/mol. The van der Waals surface area contributed by atoms with Crippen LogP contribution in [-0.4, -0.2) is 26.9 Å². The fourth-order valence-electron chi connectivity index (χ4n) is 9.43. The Balaban J connectivity index is 1.12. The number of pyridine rings is 1. The molecule has 11 rings (SSSR count). The van der Waals surface area contributed by atoms with Crippen molar-refractivity contribution >= 4 is 50.5 Å². The number of hydrogen-bond acceptors (Lipinski definition) is 4. The smallest absolute Gasteiger partial charge is 0.159 e. The second kappa shape index (κ2) is 13.8. The van der Waals surface area contributed by atoms with Crippen LogP contribution in [0.25, 0.3) is 55.7 Å². The van der Waals surface area contributed by atoms with Crippen molar-refractivity contribution in [1.82, 2.24) is 14.9 Å². The maximum Gasteiger partial charge on any atom is 0.159 e. The van der Waals surface area contributed by atoms with Crippen LogP contribution < -0.4 is 5.32 Å². The Hall–Kier alpha value is -7.11. The summed E-state index contributed by atoms with van der Waals surface area (Å²) in [4.78, 5) is 16.3. The fraction of sp³-hybridized carbons (Fsp3) is 0.130. The van der Waals surface area contributed by atoms with E-state index < -0.39 is 5.66 Å². The first kappa shape index (κ1) is 35.1. The Morgan fingerprint density at radius 1 is 0.678 bits per heavy atom. The summed E-state index contributed by atoms with van der Waals surface area (Å²) in [6.07, 6.45) is 14.3. The van der Waals surface area contributed by atoms with E-state index in [1.165, 1.54) is 27.5 Å². The third kappa shape index (κ3) is 5.79. The second-order valence-electron chi connectivity index (χ2n) is 16.3. The molecule has 0 saturated carbocycles.